The quantitative estimate of drug-likeness (QED) is 0.676. The zero-order valence-corrected chi connectivity index (χ0v) is 13.5. The average molecular weight is 314 g/mol. The van der Waals surface area contributed by atoms with Crippen LogP contribution < -0.4 is 0 Å². The average Bonchev–Trinajstić information content (AvgIpc) is 3.14. The molecule has 3 aromatic rings. The molecule has 5 heteroatoms. The maximum Gasteiger partial charge on any atom is 0.232 e. The van der Waals surface area contributed by atoms with Crippen LogP contribution in [-0.2, 0) is 18.4 Å². The number of rotatable bonds is 5. The molecule has 0 fully saturated rings. The van der Waals surface area contributed by atoms with Crippen LogP contribution in [0, 0.1) is 0 Å². The van der Waals surface area contributed by atoms with E-state index >= 15 is 0 Å². The summed E-state index contributed by atoms with van der Waals surface area (Å²) in [6, 6.07) is 10.1. The molecule has 0 N–H and O–H groups in total. The van der Waals surface area contributed by atoms with Gasteiger partial charge in [-0.05, 0) is 12.1 Å². The molecule has 0 saturated carbocycles. The van der Waals surface area contributed by atoms with Gasteiger partial charge in [-0.1, -0.05) is 18.2 Å². The highest BCUT2D eigenvalue weighted by atomic mass is 32.2. The topological polar surface area (TPSA) is 38.4 Å². The number of amides is 1. The minimum Gasteiger partial charge on any atom is -0.472 e. The van der Waals surface area contributed by atoms with Gasteiger partial charge < -0.3 is 13.9 Å². The molecule has 22 heavy (non-hydrogen) atoms. The third-order valence-corrected chi connectivity index (χ3v) is 4.66. The molecule has 1 aromatic carbocycles. The van der Waals surface area contributed by atoms with Crippen LogP contribution in [0.2, 0.25) is 0 Å². The number of aromatic nitrogens is 1. The third-order valence-electron chi connectivity index (χ3n) is 3.64. The highest BCUT2D eigenvalue weighted by molar-refractivity contribution is 8.00. The lowest BCUT2D eigenvalue weighted by Gasteiger charge is -2.15. The van der Waals surface area contributed by atoms with E-state index in [1.165, 1.54) is 10.9 Å². The Hall–Kier alpha value is -2.14. The highest BCUT2D eigenvalue weighted by Gasteiger charge is 2.13. The van der Waals surface area contributed by atoms with Crippen molar-refractivity contribution in [2.75, 3.05) is 12.8 Å². The fourth-order valence-electron chi connectivity index (χ4n) is 2.41. The summed E-state index contributed by atoms with van der Waals surface area (Å²) in [6.07, 6.45) is 5.37. The first-order valence-corrected chi connectivity index (χ1v) is 8.05. The Morgan fingerprint density at radius 3 is 2.91 bits per heavy atom. The van der Waals surface area contributed by atoms with Crippen LogP contribution in [0.5, 0.6) is 0 Å². The second kappa shape index (κ2) is 6.32. The maximum atomic E-state index is 12.3. The molecular weight excluding hydrogens is 296 g/mol. The van der Waals surface area contributed by atoms with Gasteiger partial charge in [0.25, 0.3) is 0 Å². The minimum atomic E-state index is 0.110. The number of carbonyl (C=O) groups excluding carboxylic acids is 1. The second-order valence-electron chi connectivity index (χ2n) is 5.29. The molecule has 0 unspecified atom stereocenters. The number of hydrogen-bond acceptors (Lipinski definition) is 3. The lowest BCUT2D eigenvalue weighted by atomic mass is 10.2. The number of nitrogens with zero attached hydrogens (tertiary/aromatic N) is 2. The van der Waals surface area contributed by atoms with Crippen LogP contribution in [0.15, 0.2) is 58.4 Å². The number of fused-ring (bicyclic) bond motifs is 1. The summed E-state index contributed by atoms with van der Waals surface area (Å²) in [5.41, 5.74) is 2.19. The molecule has 3 rings (SSSR count). The van der Waals surface area contributed by atoms with Gasteiger partial charge >= 0.3 is 0 Å². The fourth-order valence-corrected chi connectivity index (χ4v) is 3.47. The summed E-state index contributed by atoms with van der Waals surface area (Å²) >= 11 is 1.58. The summed E-state index contributed by atoms with van der Waals surface area (Å²) in [6.45, 7) is 0.575. The number of aryl methyl sites for hydroxylation is 1. The van der Waals surface area contributed by atoms with Crippen molar-refractivity contribution >= 4 is 28.6 Å². The van der Waals surface area contributed by atoms with E-state index in [0.29, 0.717) is 12.3 Å². The Morgan fingerprint density at radius 1 is 1.32 bits per heavy atom. The van der Waals surface area contributed by atoms with E-state index in [0.717, 1.165) is 10.5 Å². The molecule has 0 bridgehead atoms. The Morgan fingerprint density at radius 2 is 2.14 bits per heavy atom. The lowest BCUT2D eigenvalue weighted by Crippen LogP contribution is -2.27. The first kappa shape index (κ1) is 14.8. The summed E-state index contributed by atoms with van der Waals surface area (Å²) in [4.78, 5) is 15.1. The molecule has 0 saturated heterocycles. The van der Waals surface area contributed by atoms with E-state index in [4.69, 9.17) is 4.42 Å². The first-order valence-electron chi connectivity index (χ1n) is 7.07. The lowest BCUT2D eigenvalue weighted by molar-refractivity contribution is -0.127. The standard InChI is InChI=1S/C17H18N2O2S/c1-18-10-16(14-5-3-4-6-15(14)18)22-12-17(20)19(2)9-13-7-8-21-11-13/h3-8,10-11H,9,12H2,1-2H3. The van der Waals surface area contributed by atoms with E-state index in [9.17, 15) is 4.79 Å². The normalized spacial score (nSPS) is 11.0. The van der Waals surface area contributed by atoms with Crippen LogP contribution in [0.25, 0.3) is 10.9 Å². The Kier molecular flexibility index (Phi) is 4.24. The predicted octanol–water partition coefficient (Wildman–Crippen LogP) is 3.52. The van der Waals surface area contributed by atoms with Crippen LogP contribution in [0.3, 0.4) is 0 Å². The van der Waals surface area contributed by atoms with Crippen LogP contribution in [0.4, 0.5) is 0 Å². The molecule has 0 atom stereocenters. The summed E-state index contributed by atoms with van der Waals surface area (Å²) in [5, 5.41) is 1.19. The van der Waals surface area contributed by atoms with Gasteiger partial charge in [-0.25, -0.2) is 0 Å². The number of thioether (sulfide) groups is 1. The van der Waals surface area contributed by atoms with Gasteiger partial charge in [0.05, 0.1) is 18.3 Å². The van der Waals surface area contributed by atoms with E-state index in [-0.39, 0.29) is 5.91 Å². The van der Waals surface area contributed by atoms with Crippen LogP contribution >= 0.6 is 11.8 Å². The van der Waals surface area contributed by atoms with Gasteiger partial charge in [-0.15, -0.1) is 11.8 Å². The summed E-state index contributed by atoms with van der Waals surface area (Å²) < 4.78 is 7.12. The van der Waals surface area contributed by atoms with Gasteiger partial charge in [-0.3, -0.25) is 4.79 Å². The molecular formula is C17H18N2O2S. The zero-order chi connectivity index (χ0) is 15.5. The molecule has 1 amide bonds. The predicted molar refractivity (Wildman–Crippen MR) is 88.8 cm³/mol. The Labute approximate surface area is 133 Å². The zero-order valence-electron chi connectivity index (χ0n) is 12.7. The van der Waals surface area contributed by atoms with Gasteiger partial charge in [0.1, 0.15) is 0 Å². The van der Waals surface area contributed by atoms with E-state index in [1.807, 2.05) is 32.3 Å². The van der Waals surface area contributed by atoms with Crippen molar-refractivity contribution in [3.05, 3.63) is 54.6 Å². The number of hydrogen-bond donors (Lipinski definition) is 0. The van der Waals surface area contributed by atoms with E-state index < -0.39 is 0 Å². The van der Waals surface area contributed by atoms with E-state index in [2.05, 4.69) is 22.9 Å². The van der Waals surface area contributed by atoms with Gasteiger partial charge in [-0.2, -0.15) is 0 Å². The number of furan rings is 1. The van der Waals surface area contributed by atoms with Gasteiger partial charge in [0.15, 0.2) is 0 Å². The van der Waals surface area contributed by atoms with Crippen molar-refractivity contribution < 1.29 is 9.21 Å². The Balaban J connectivity index is 1.65. The van der Waals surface area contributed by atoms with Crippen molar-refractivity contribution in [2.45, 2.75) is 11.4 Å². The van der Waals surface area contributed by atoms with Crippen LogP contribution in [-0.4, -0.2) is 28.2 Å². The number of para-hydroxylation sites is 1. The van der Waals surface area contributed by atoms with Gasteiger partial charge in [0.2, 0.25) is 5.91 Å². The molecule has 4 nitrogen and oxygen atoms in total. The molecule has 0 aliphatic heterocycles. The number of benzene rings is 1. The molecule has 114 valence electrons. The molecule has 0 radical (unpaired) electrons. The molecule has 2 heterocycles. The van der Waals surface area contributed by atoms with Crippen molar-refractivity contribution in [1.82, 2.24) is 9.47 Å². The summed E-state index contributed by atoms with van der Waals surface area (Å²) in [5.74, 6) is 0.543. The molecule has 0 spiro atoms. The first-order chi connectivity index (χ1) is 10.6. The third kappa shape index (κ3) is 3.04. The van der Waals surface area contributed by atoms with Crippen molar-refractivity contribution in [2.24, 2.45) is 7.05 Å². The number of carbonyl (C=O) groups is 1. The SMILES string of the molecule is CN(Cc1ccoc1)C(=O)CSc1cn(C)c2ccccc12. The Bertz CT molecular complexity index is 777. The molecule has 0 aliphatic carbocycles. The van der Waals surface area contributed by atoms with E-state index in [1.54, 1.807) is 29.2 Å². The fraction of sp³-hybridized carbons (Fsp3) is 0.235. The smallest absolute Gasteiger partial charge is 0.232 e. The maximum absolute atomic E-state index is 12.3. The summed E-state index contributed by atoms with van der Waals surface area (Å²) in [7, 11) is 3.85. The largest absolute Gasteiger partial charge is 0.472 e. The monoisotopic (exact) mass is 314 g/mol. The van der Waals surface area contributed by atoms with Crippen molar-refractivity contribution in [1.29, 1.82) is 0 Å². The minimum absolute atomic E-state index is 0.110. The van der Waals surface area contributed by atoms with Gasteiger partial charge in [0, 0.05) is 48.2 Å². The van der Waals surface area contributed by atoms with Crippen molar-refractivity contribution in [3.8, 4) is 0 Å². The second-order valence-corrected chi connectivity index (χ2v) is 6.31. The molecule has 0 aliphatic rings. The molecule has 2 aromatic heterocycles. The van der Waals surface area contributed by atoms with Crippen LogP contribution in [0.1, 0.15) is 5.56 Å². The highest BCUT2D eigenvalue weighted by Crippen LogP contribution is 2.29. The van der Waals surface area contributed by atoms with Crippen molar-refractivity contribution in [3.63, 3.8) is 0 Å².